The Hall–Kier alpha value is -0.310. The van der Waals surface area contributed by atoms with Crippen molar-refractivity contribution in [3.8, 4) is 6.07 Å². The molecule has 0 amide bonds. The van der Waals surface area contributed by atoms with Crippen LogP contribution in [0.4, 0.5) is 0 Å². The van der Waals surface area contributed by atoms with Crippen molar-refractivity contribution in [3.63, 3.8) is 0 Å². The van der Waals surface area contributed by atoms with Crippen LogP contribution < -0.4 is 0 Å². The lowest BCUT2D eigenvalue weighted by Gasteiger charge is -2.25. The van der Waals surface area contributed by atoms with Crippen LogP contribution in [0, 0.1) is 22.7 Å². The summed E-state index contributed by atoms with van der Waals surface area (Å²) in [4.78, 5) is 0. The summed E-state index contributed by atoms with van der Waals surface area (Å²) in [5.41, 5.74) is -0.697. The summed E-state index contributed by atoms with van der Waals surface area (Å²) in [6, 6.07) is 4.06. The van der Waals surface area contributed by atoms with Gasteiger partial charge < -0.3 is 9.52 Å². The van der Waals surface area contributed by atoms with Gasteiger partial charge in [0, 0.05) is 0 Å². The summed E-state index contributed by atoms with van der Waals surface area (Å²) in [6.45, 7) is 2.13. The smallest absolute Gasteiger partial charge is 0.183 e. The Labute approximate surface area is 123 Å². The van der Waals surface area contributed by atoms with Crippen LogP contribution in [0.2, 0.25) is 0 Å². The van der Waals surface area contributed by atoms with Crippen molar-refractivity contribution >= 4 is 31.9 Å². The highest BCUT2D eigenvalue weighted by atomic mass is 79.9. The highest BCUT2D eigenvalue weighted by molar-refractivity contribution is 9.13. The van der Waals surface area contributed by atoms with Crippen LogP contribution in [0.1, 0.15) is 44.5 Å². The lowest BCUT2D eigenvalue weighted by molar-refractivity contribution is 0.0443. The molecule has 18 heavy (non-hydrogen) atoms. The van der Waals surface area contributed by atoms with Crippen LogP contribution >= 0.6 is 31.9 Å². The van der Waals surface area contributed by atoms with Gasteiger partial charge in [0.1, 0.15) is 11.9 Å². The molecule has 1 N–H and O–H groups in total. The molecule has 1 heterocycles. The average Bonchev–Trinajstić information content (AvgIpc) is 2.94. The van der Waals surface area contributed by atoms with Crippen LogP contribution in [0.15, 0.2) is 19.6 Å². The van der Waals surface area contributed by atoms with Gasteiger partial charge in [-0.1, -0.05) is 13.3 Å². The molecule has 1 aliphatic carbocycles. The normalized spacial score (nSPS) is 29.2. The first-order chi connectivity index (χ1) is 8.52. The molecule has 0 bridgehead atoms. The second-order valence-corrected chi connectivity index (χ2v) is 6.53. The number of halogens is 2. The van der Waals surface area contributed by atoms with Crippen LogP contribution in [0.3, 0.4) is 0 Å². The number of nitrogens with zero attached hydrogens (tertiary/aromatic N) is 1. The van der Waals surface area contributed by atoms with Gasteiger partial charge in [0.15, 0.2) is 4.67 Å². The summed E-state index contributed by atoms with van der Waals surface area (Å²) in [5.74, 6) is 0.980. The first kappa shape index (κ1) is 14.1. The molecule has 0 radical (unpaired) electrons. The Kier molecular flexibility index (Phi) is 4.20. The van der Waals surface area contributed by atoms with Crippen molar-refractivity contribution in [1.29, 1.82) is 5.26 Å². The van der Waals surface area contributed by atoms with Gasteiger partial charge in [-0.25, -0.2) is 0 Å². The fourth-order valence-electron chi connectivity index (χ4n) is 2.71. The number of hydrogen-bond donors (Lipinski definition) is 1. The van der Waals surface area contributed by atoms with Crippen molar-refractivity contribution < 1.29 is 9.52 Å². The Morgan fingerprint density at radius 1 is 1.67 bits per heavy atom. The SMILES string of the molecule is CCC1CCC(C#N)(C(O)c2cc(Br)c(Br)o2)C1. The zero-order chi connectivity index (χ0) is 13.3. The minimum absolute atomic E-state index is 0.451. The van der Waals surface area contributed by atoms with E-state index in [-0.39, 0.29) is 0 Å². The Morgan fingerprint density at radius 3 is 2.83 bits per heavy atom. The number of hydrogen-bond acceptors (Lipinski definition) is 3. The molecule has 0 aromatic carbocycles. The lowest BCUT2D eigenvalue weighted by Crippen LogP contribution is -2.24. The zero-order valence-corrected chi connectivity index (χ0v) is 13.3. The van der Waals surface area contributed by atoms with E-state index in [0.717, 1.165) is 30.2 Å². The Morgan fingerprint density at radius 2 is 2.39 bits per heavy atom. The number of aliphatic hydroxyl groups is 1. The summed E-state index contributed by atoms with van der Waals surface area (Å²) < 4.78 is 6.76. The second-order valence-electron chi connectivity index (χ2n) is 4.96. The van der Waals surface area contributed by atoms with Gasteiger partial charge in [0.25, 0.3) is 0 Å². The molecule has 2 rings (SSSR count). The predicted octanol–water partition coefficient (Wildman–Crippen LogP) is 4.56. The number of rotatable bonds is 3. The van der Waals surface area contributed by atoms with Crippen molar-refractivity contribution in [3.05, 3.63) is 21.0 Å². The van der Waals surface area contributed by atoms with Crippen molar-refractivity contribution in [1.82, 2.24) is 0 Å². The Bertz CT molecular complexity index is 460. The molecule has 1 aromatic heterocycles. The van der Waals surface area contributed by atoms with E-state index >= 15 is 0 Å². The summed E-state index contributed by atoms with van der Waals surface area (Å²) in [5, 5.41) is 19.9. The summed E-state index contributed by atoms with van der Waals surface area (Å²) in [7, 11) is 0. The van der Waals surface area contributed by atoms with Crippen LogP contribution in [0.5, 0.6) is 0 Å². The highest BCUT2D eigenvalue weighted by Crippen LogP contribution is 2.51. The largest absolute Gasteiger partial charge is 0.450 e. The van der Waals surface area contributed by atoms with Gasteiger partial charge >= 0.3 is 0 Å². The molecule has 1 aromatic rings. The van der Waals surface area contributed by atoms with Gasteiger partial charge in [-0.15, -0.1) is 0 Å². The molecule has 1 aliphatic rings. The third kappa shape index (κ3) is 2.38. The van der Waals surface area contributed by atoms with E-state index in [0.29, 0.717) is 16.3 Å². The Balaban J connectivity index is 2.26. The number of aliphatic hydroxyl groups excluding tert-OH is 1. The second kappa shape index (κ2) is 5.36. The summed E-state index contributed by atoms with van der Waals surface area (Å²) >= 11 is 6.57. The van der Waals surface area contributed by atoms with E-state index in [4.69, 9.17) is 4.42 Å². The molecule has 5 heteroatoms. The van der Waals surface area contributed by atoms with E-state index in [1.807, 2.05) is 0 Å². The van der Waals surface area contributed by atoms with Crippen LogP contribution in [-0.2, 0) is 0 Å². The molecule has 0 aliphatic heterocycles. The van der Waals surface area contributed by atoms with E-state index in [1.54, 1.807) is 6.07 Å². The molecule has 3 unspecified atom stereocenters. The highest BCUT2D eigenvalue weighted by Gasteiger charge is 2.46. The maximum absolute atomic E-state index is 10.5. The molecule has 3 nitrogen and oxygen atoms in total. The third-order valence-electron chi connectivity index (χ3n) is 3.91. The van der Waals surface area contributed by atoms with Crippen molar-refractivity contribution in [2.24, 2.45) is 11.3 Å². The molecule has 1 saturated carbocycles. The topological polar surface area (TPSA) is 57.2 Å². The number of nitriles is 1. The quantitative estimate of drug-likeness (QED) is 0.841. The predicted molar refractivity (Wildman–Crippen MR) is 74.7 cm³/mol. The third-order valence-corrected chi connectivity index (χ3v) is 5.62. The van der Waals surface area contributed by atoms with Gasteiger partial charge in [0.2, 0.25) is 0 Å². The summed E-state index contributed by atoms with van der Waals surface area (Å²) in [6.07, 6.45) is 2.68. The maximum atomic E-state index is 10.5. The molecule has 0 saturated heterocycles. The van der Waals surface area contributed by atoms with Crippen molar-refractivity contribution in [2.45, 2.75) is 38.7 Å². The van der Waals surface area contributed by atoms with E-state index in [2.05, 4.69) is 44.9 Å². The minimum Gasteiger partial charge on any atom is -0.450 e. The molecule has 1 fully saturated rings. The molecular formula is C13H15Br2NO2. The van der Waals surface area contributed by atoms with Gasteiger partial charge in [-0.05, 0) is 63.1 Å². The molecular weight excluding hydrogens is 362 g/mol. The van der Waals surface area contributed by atoms with Crippen LogP contribution in [0.25, 0.3) is 0 Å². The number of furan rings is 1. The average molecular weight is 377 g/mol. The van der Waals surface area contributed by atoms with Gasteiger partial charge in [0.05, 0.1) is 16.0 Å². The fraction of sp³-hybridized carbons (Fsp3) is 0.615. The van der Waals surface area contributed by atoms with E-state index in [9.17, 15) is 10.4 Å². The van der Waals surface area contributed by atoms with Gasteiger partial charge in [-0.3, -0.25) is 0 Å². The zero-order valence-electron chi connectivity index (χ0n) is 10.1. The lowest BCUT2D eigenvalue weighted by atomic mass is 9.80. The standard InChI is InChI=1S/C13H15Br2NO2/c1-2-8-3-4-13(6-8,7-16)11(17)10-5-9(14)12(15)18-10/h5,8,11,17H,2-4,6H2,1H3. The fourth-order valence-corrected chi connectivity index (χ4v) is 3.32. The minimum atomic E-state index is -0.860. The van der Waals surface area contributed by atoms with Crippen LogP contribution in [-0.4, -0.2) is 5.11 Å². The van der Waals surface area contributed by atoms with Gasteiger partial charge in [-0.2, -0.15) is 5.26 Å². The molecule has 3 atom stereocenters. The maximum Gasteiger partial charge on any atom is 0.183 e. The monoisotopic (exact) mass is 375 g/mol. The van der Waals surface area contributed by atoms with E-state index < -0.39 is 11.5 Å². The molecule has 98 valence electrons. The van der Waals surface area contributed by atoms with Crippen molar-refractivity contribution in [2.75, 3.05) is 0 Å². The first-order valence-corrected chi connectivity index (χ1v) is 7.65. The first-order valence-electron chi connectivity index (χ1n) is 6.06. The van der Waals surface area contributed by atoms with E-state index in [1.165, 1.54) is 0 Å². The molecule has 0 spiro atoms.